The van der Waals surface area contributed by atoms with E-state index >= 15 is 0 Å². The summed E-state index contributed by atoms with van der Waals surface area (Å²) >= 11 is 0. The van der Waals surface area contributed by atoms with E-state index in [1.54, 1.807) is 6.07 Å². The largest absolute Gasteiger partial charge is 0.460 e. The maximum atomic E-state index is 12.5. The number of ether oxygens (including phenoxy) is 1. The number of hydrogen-bond donors (Lipinski definition) is 0. The van der Waals surface area contributed by atoms with Crippen LogP contribution < -0.4 is 5.56 Å². The molecule has 2 aliphatic rings. The van der Waals surface area contributed by atoms with Gasteiger partial charge < -0.3 is 9.30 Å². The predicted octanol–water partition coefficient (Wildman–Crippen LogP) is 1.55. The minimum atomic E-state index is -0.787. The Labute approximate surface area is 116 Å². The van der Waals surface area contributed by atoms with Gasteiger partial charge in [0, 0.05) is 13.0 Å². The summed E-state index contributed by atoms with van der Waals surface area (Å²) in [5.41, 5.74) is 0.708. The van der Waals surface area contributed by atoms with Gasteiger partial charge in [0.1, 0.15) is 6.61 Å². The molecule has 0 unspecified atom stereocenters. The molecule has 0 aromatic carbocycles. The molecular formula is C15H17NO4. The summed E-state index contributed by atoms with van der Waals surface area (Å²) in [6.07, 6.45) is 1.48. The summed E-state index contributed by atoms with van der Waals surface area (Å²) in [7, 11) is 0. The summed E-state index contributed by atoms with van der Waals surface area (Å²) in [5.74, 6) is -0.310. The van der Waals surface area contributed by atoms with Gasteiger partial charge in [-0.15, -0.1) is 0 Å². The highest BCUT2D eigenvalue weighted by atomic mass is 16.5. The minimum Gasteiger partial charge on any atom is -0.460 e. The van der Waals surface area contributed by atoms with Crippen molar-refractivity contribution in [1.29, 1.82) is 0 Å². The van der Waals surface area contributed by atoms with Crippen molar-refractivity contribution >= 4 is 11.8 Å². The van der Waals surface area contributed by atoms with Gasteiger partial charge in [0.05, 0.1) is 16.7 Å². The Morgan fingerprint density at radius 2 is 1.95 bits per heavy atom. The number of aromatic nitrogens is 1. The second-order valence-corrected chi connectivity index (χ2v) is 5.42. The number of Topliss-reactive ketones (excluding diaryl/α,β-unsaturated/α-hetero) is 1. The predicted molar refractivity (Wildman–Crippen MR) is 71.7 cm³/mol. The first kappa shape index (κ1) is 13.1. The van der Waals surface area contributed by atoms with Crippen LogP contribution in [0.3, 0.4) is 0 Å². The number of ketones is 1. The van der Waals surface area contributed by atoms with Gasteiger partial charge >= 0.3 is 5.97 Å². The summed E-state index contributed by atoms with van der Waals surface area (Å²) in [6.45, 7) is 4.27. The zero-order valence-electron chi connectivity index (χ0n) is 11.7. The molecular weight excluding hydrogens is 258 g/mol. The van der Waals surface area contributed by atoms with Crippen LogP contribution in [-0.2, 0) is 28.1 Å². The molecule has 0 amide bonds. The van der Waals surface area contributed by atoms with Gasteiger partial charge in [-0.25, -0.2) is 0 Å². The molecule has 5 nitrogen and oxygen atoms in total. The highest BCUT2D eigenvalue weighted by Crippen LogP contribution is 2.39. The molecule has 1 aromatic rings. The van der Waals surface area contributed by atoms with Crippen LogP contribution in [0.15, 0.2) is 10.9 Å². The number of carbonyl (C=O) groups excluding carboxylic acids is 2. The summed E-state index contributed by atoms with van der Waals surface area (Å²) in [6, 6.07) is 1.75. The monoisotopic (exact) mass is 275 g/mol. The zero-order valence-corrected chi connectivity index (χ0v) is 11.7. The lowest BCUT2D eigenvalue weighted by molar-refractivity contribution is -0.154. The van der Waals surface area contributed by atoms with Crippen molar-refractivity contribution in [3.05, 3.63) is 33.2 Å². The van der Waals surface area contributed by atoms with E-state index in [1.807, 2.05) is 13.8 Å². The van der Waals surface area contributed by atoms with E-state index in [0.29, 0.717) is 42.6 Å². The molecule has 0 saturated carbocycles. The molecule has 3 rings (SSSR count). The van der Waals surface area contributed by atoms with Gasteiger partial charge in [-0.3, -0.25) is 14.4 Å². The first-order valence-electron chi connectivity index (χ1n) is 7.02. The van der Waals surface area contributed by atoms with Crippen molar-refractivity contribution in [1.82, 2.24) is 4.57 Å². The second kappa shape index (κ2) is 4.30. The Balaban J connectivity index is 2.34. The molecule has 0 bridgehead atoms. The number of cyclic esters (lactones) is 1. The number of hydrogen-bond acceptors (Lipinski definition) is 4. The average molecular weight is 275 g/mol. The van der Waals surface area contributed by atoms with Crippen molar-refractivity contribution in [2.45, 2.75) is 51.7 Å². The number of carbonyl (C=O) groups is 2. The van der Waals surface area contributed by atoms with E-state index < -0.39 is 5.41 Å². The molecule has 0 fully saturated rings. The maximum absolute atomic E-state index is 12.5. The van der Waals surface area contributed by atoms with E-state index in [2.05, 4.69) is 0 Å². The van der Waals surface area contributed by atoms with E-state index in [4.69, 9.17) is 4.74 Å². The quantitative estimate of drug-likeness (QED) is 0.768. The van der Waals surface area contributed by atoms with Gasteiger partial charge in [0.2, 0.25) is 0 Å². The Kier molecular flexibility index (Phi) is 2.81. The second-order valence-electron chi connectivity index (χ2n) is 5.42. The lowest BCUT2D eigenvalue weighted by Crippen LogP contribution is -2.44. The standard InChI is InChI=1S/C15H17NO4/c1-3-15(4-2)10-7-11-12(17)5-6-16(11)13(18)9(10)8-20-14(15)19/h7H,3-6,8H2,1-2H3. The third-order valence-corrected chi connectivity index (χ3v) is 4.71. The average Bonchev–Trinajstić information content (AvgIpc) is 2.82. The number of nitrogens with zero attached hydrogens (tertiary/aromatic N) is 1. The van der Waals surface area contributed by atoms with Crippen LogP contribution in [-0.4, -0.2) is 16.3 Å². The molecule has 3 heterocycles. The normalized spacial score (nSPS) is 19.5. The lowest BCUT2D eigenvalue weighted by atomic mass is 9.73. The summed E-state index contributed by atoms with van der Waals surface area (Å²) in [5, 5.41) is 0. The Morgan fingerprint density at radius 3 is 2.60 bits per heavy atom. The van der Waals surface area contributed by atoms with E-state index in [9.17, 15) is 14.4 Å². The van der Waals surface area contributed by atoms with Gasteiger partial charge in [-0.2, -0.15) is 0 Å². The summed E-state index contributed by atoms with van der Waals surface area (Å²) < 4.78 is 6.74. The Bertz CT molecular complexity index is 667. The van der Waals surface area contributed by atoms with Crippen LogP contribution in [0.5, 0.6) is 0 Å². The lowest BCUT2D eigenvalue weighted by Gasteiger charge is -2.35. The molecule has 0 atom stereocenters. The topological polar surface area (TPSA) is 65.4 Å². The third kappa shape index (κ3) is 1.46. The van der Waals surface area contributed by atoms with E-state index in [-0.39, 0.29) is 23.9 Å². The molecule has 0 saturated heterocycles. The third-order valence-electron chi connectivity index (χ3n) is 4.71. The smallest absolute Gasteiger partial charge is 0.316 e. The van der Waals surface area contributed by atoms with Gasteiger partial charge in [0.15, 0.2) is 5.78 Å². The van der Waals surface area contributed by atoms with Crippen molar-refractivity contribution in [3.8, 4) is 0 Å². The molecule has 106 valence electrons. The van der Waals surface area contributed by atoms with Crippen molar-refractivity contribution in [3.63, 3.8) is 0 Å². The SMILES string of the molecule is CCC1(CC)C(=O)OCc2c1cc1n(c2=O)CCC1=O. The van der Waals surface area contributed by atoms with Gasteiger partial charge in [-0.1, -0.05) is 13.8 Å². The molecule has 0 spiro atoms. The van der Waals surface area contributed by atoms with E-state index in [1.165, 1.54) is 4.57 Å². The van der Waals surface area contributed by atoms with Crippen molar-refractivity contribution < 1.29 is 14.3 Å². The molecule has 5 heteroatoms. The number of esters is 1. The maximum Gasteiger partial charge on any atom is 0.316 e. The van der Waals surface area contributed by atoms with Crippen molar-refractivity contribution in [2.75, 3.05) is 0 Å². The van der Waals surface area contributed by atoms with Crippen LogP contribution in [0.1, 0.15) is 54.7 Å². The Morgan fingerprint density at radius 1 is 1.25 bits per heavy atom. The first-order chi connectivity index (χ1) is 9.55. The molecule has 20 heavy (non-hydrogen) atoms. The highest BCUT2D eigenvalue weighted by Gasteiger charge is 2.45. The zero-order chi connectivity index (χ0) is 14.5. The van der Waals surface area contributed by atoms with Gasteiger partial charge in [-0.05, 0) is 24.5 Å². The van der Waals surface area contributed by atoms with Crippen LogP contribution in [0.4, 0.5) is 0 Å². The number of fused-ring (bicyclic) bond motifs is 2. The van der Waals surface area contributed by atoms with Crippen LogP contribution in [0, 0.1) is 0 Å². The fraction of sp³-hybridized carbons (Fsp3) is 0.533. The highest BCUT2D eigenvalue weighted by molar-refractivity contribution is 5.97. The molecule has 2 aliphatic heterocycles. The van der Waals surface area contributed by atoms with E-state index in [0.717, 1.165) is 0 Å². The first-order valence-corrected chi connectivity index (χ1v) is 7.02. The van der Waals surface area contributed by atoms with Crippen LogP contribution in [0.25, 0.3) is 0 Å². The molecule has 0 aliphatic carbocycles. The van der Waals surface area contributed by atoms with Gasteiger partial charge in [0.25, 0.3) is 5.56 Å². The number of rotatable bonds is 2. The fourth-order valence-corrected chi connectivity index (χ4v) is 3.36. The van der Waals surface area contributed by atoms with Crippen molar-refractivity contribution in [2.24, 2.45) is 0 Å². The molecule has 0 radical (unpaired) electrons. The van der Waals surface area contributed by atoms with Crippen LogP contribution in [0.2, 0.25) is 0 Å². The molecule has 1 aromatic heterocycles. The number of pyridine rings is 1. The Hall–Kier alpha value is -1.91. The minimum absolute atomic E-state index is 0.0171. The van der Waals surface area contributed by atoms with Crippen LogP contribution >= 0.6 is 0 Å². The fourth-order valence-electron chi connectivity index (χ4n) is 3.36. The molecule has 0 N–H and O–H groups in total. The summed E-state index contributed by atoms with van der Waals surface area (Å²) in [4.78, 5) is 36.6.